The van der Waals surface area contributed by atoms with Gasteiger partial charge in [-0.3, -0.25) is 14.5 Å². The first-order valence-corrected chi connectivity index (χ1v) is 9.04. The lowest BCUT2D eigenvalue weighted by molar-refractivity contribution is -0.144. The van der Waals surface area contributed by atoms with Crippen molar-refractivity contribution in [3.05, 3.63) is 34.7 Å². The molecular formula is C17H16N2O4S2. The van der Waals surface area contributed by atoms with Crippen LogP contribution in [0, 0.1) is 0 Å². The topological polar surface area (TPSA) is 77.9 Å². The summed E-state index contributed by atoms with van der Waals surface area (Å²) in [5.74, 6) is -1.92. The summed E-state index contributed by atoms with van der Waals surface area (Å²) in [6.07, 6.45) is 0.782. The van der Waals surface area contributed by atoms with Crippen LogP contribution in [0.4, 0.5) is 5.69 Å². The Morgan fingerprint density at radius 1 is 1.28 bits per heavy atom. The van der Waals surface area contributed by atoms with Gasteiger partial charge in [0.25, 0.3) is 11.8 Å². The van der Waals surface area contributed by atoms with E-state index in [0.717, 1.165) is 28.8 Å². The zero-order valence-electron chi connectivity index (χ0n) is 13.7. The Balaban J connectivity index is 2.12. The minimum atomic E-state index is -1.15. The molecule has 2 heterocycles. The van der Waals surface area contributed by atoms with Crippen molar-refractivity contribution in [3.63, 3.8) is 0 Å². The van der Waals surface area contributed by atoms with Crippen molar-refractivity contribution in [2.45, 2.75) is 26.3 Å². The van der Waals surface area contributed by atoms with Gasteiger partial charge in [0.1, 0.15) is 10.4 Å². The highest BCUT2D eigenvalue weighted by Crippen LogP contribution is 2.44. The summed E-state index contributed by atoms with van der Waals surface area (Å²) in [7, 11) is 0. The normalized spacial score (nSPS) is 21.1. The van der Waals surface area contributed by atoms with Crippen LogP contribution in [0.25, 0.3) is 5.57 Å². The number of hydrogen-bond donors (Lipinski definition) is 1. The molecule has 2 amide bonds. The molecule has 1 fully saturated rings. The number of carboxylic acid groups (broad SMARTS) is 1. The van der Waals surface area contributed by atoms with Crippen LogP contribution in [0.5, 0.6) is 0 Å². The Hall–Kier alpha value is -2.19. The monoisotopic (exact) mass is 376 g/mol. The fourth-order valence-corrected chi connectivity index (χ4v) is 4.41. The van der Waals surface area contributed by atoms with Crippen LogP contribution in [-0.4, -0.2) is 44.7 Å². The molecule has 0 aliphatic carbocycles. The Bertz CT molecular complexity index is 834. The van der Waals surface area contributed by atoms with Crippen molar-refractivity contribution >= 4 is 57.3 Å². The number of fused-ring (bicyclic) bond motifs is 1. The first kappa shape index (κ1) is 17.6. The molecule has 0 saturated carbocycles. The maximum absolute atomic E-state index is 12.9. The minimum absolute atomic E-state index is 0.154. The molecule has 0 radical (unpaired) electrons. The first-order valence-electron chi connectivity index (χ1n) is 7.82. The van der Waals surface area contributed by atoms with E-state index in [9.17, 15) is 19.5 Å². The molecule has 0 unspecified atom stereocenters. The highest BCUT2D eigenvalue weighted by molar-refractivity contribution is 8.26. The van der Waals surface area contributed by atoms with E-state index in [-0.39, 0.29) is 15.1 Å². The number of amides is 2. The van der Waals surface area contributed by atoms with Crippen molar-refractivity contribution in [2.24, 2.45) is 0 Å². The third-order valence-corrected chi connectivity index (χ3v) is 5.54. The molecule has 0 bridgehead atoms. The Morgan fingerprint density at radius 2 is 1.96 bits per heavy atom. The fraction of sp³-hybridized carbons (Fsp3) is 0.294. The zero-order chi connectivity index (χ0) is 18.3. The molecule has 0 aromatic heterocycles. The van der Waals surface area contributed by atoms with Crippen molar-refractivity contribution in [1.29, 1.82) is 0 Å². The average molecular weight is 376 g/mol. The predicted molar refractivity (Wildman–Crippen MR) is 100 cm³/mol. The Kier molecular flexibility index (Phi) is 4.66. The molecule has 2 aliphatic heterocycles. The maximum Gasteiger partial charge on any atom is 0.326 e. The zero-order valence-corrected chi connectivity index (χ0v) is 15.3. The minimum Gasteiger partial charge on any atom is -0.480 e. The van der Waals surface area contributed by atoms with Crippen molar-refractivity contribution in [1.82, 2.24) is 4.90 Å². The van der Waals surface area contributed by atoms with Gasteiger partial charge in [-0.1, -0.05) is 49.1 Å². The second-order valence-corrected chi connectivity index (χ2v) is 7.38. The van der Waals surface area contributed by atoms with E-state index in [1.807, 2.05) is 25.1 Å². The number of rotatable bonds is 4. The van der Waals surface area contributed by atoms with Gasteiger partial charge in [0.2, 0.25) is 0 Å². The number of carbonyl (C=O) groups excluding carboxylic acids is 2. The van der Waals surface area contributed by atoms with Crippen molar-refractivity contribution in [3.8, 4) is 0 Å². The second kappa shape index (κ2) is 6.61. The van der Waals surface area contributed by atoms with Crippen molar-refractivity contribution < 1.29 is 19.5 Å². The van der Waals surface area contributed by atoms with Crippen LogP contribution in [0.1, 0.15) is 25.8 Å². The van der Waals surface area contributed by atoms with E-state index < -0.39 is 17.9 Å². The van der Waals surface area contributed by atoms with Crippen LogP contribution in [0.3, 0.4) is 0 Å². The van der Waals surface area contributed by atoms with Gasteiger partial charge in [-0.25, -0.2) is 4.79 Å². The smallest absolute Gasteiger partial charge is 0.326 e. The number of benzene rings is 1. The number of thioether (sulfide) groups is 1. The predicted octanol–water partition coefficient (Wildman–Crippen LogP) is 2.49. The van der Waals surface area contributed by atoms with Crippen LogP contribution < -0.4 is 4.90 Å². The quantitative estimate of drug-likeness (QED) is 0.643. The van der Waals surface area contributed by atoms with Gasteiger partial charge in [0.15, 0.2) is 0 Å². The molecule has 130 valence electrons. The molecule has 1 aromatic carbocycles. The number of carbonyl (C=O) groups is 3. The summed E-state index contributed by atoms with van der Waals surface area (Å²) in [6.45, 7) is 3.92. The van der Waals surface area contributed by atoms with E-state index in [4.69, 9.17) is 12.2 Å². The third-order valence-electron chi connectivity index (χ3n) is 4.14. The molecule has 8 heteroatoms. The molecule has 25 heavy (non-hydrogen) atoms. The van der Waals surface area contributed by atoms with Crippen LogP contribution in [-0.2, 0) is 14.4 Å². The first-order chi connectivity index (χ1) is 11.9. The Morgan fingerprint density at radius 3 is 2.60 bits per heavy atom. The summed E-state index contributed by atoms with van der Waals surface area (Å²) in [5.41, 5.74) is 1.76. The van der Waals surface area contributed by atoms with E-state index in [0.29, 0.717) is 17.7 Å². The van der Waals surface area contributed by atoms with Gasteiger partial charge in [0.05, 0.1) is 16.2 Å². The molecule has 1 atom stereocenters. The summed E-state index contributed by atoms with van der Waals surface area (Å²) in [4.78, 5) is 39.9. The van der Waals surface area contributed by atoms with E-state index in [2.05, 4.69) is 0 Å². The van der Waals surface area contributed by atoms with E-state index >= 15 is 0 Å². The molecule has 2 aliphatic rings. The number of thiocarbonyl (C=S) groups is 1. The van der Waals surface area contributed by atoms with Gasteiger partial charge >= 0.3 is 5.97 Å². The number of nitrogens with zero attached hydrogens (tertiary/aromatic N) is 2. The van der Waals surface area contributed by atoms with E-state index in [1.54, 1.807) is 11.0 Å². The van der Waals surface area contributed by atoms with Crippen molar-refractivity contribution in [2.75, 3.05) is 11.4 Å². The lowest BCUT2D eigenvalue weighted by atomic mass is 10.1. The van der Waals surface area contributed by atoms with Gasteiger partial charge in [-0.2, -0.15) is 0 Å². The van der Waals surface area contributed by atoms with Gasteiger partial charge in [-0.15, -0.1) is 0 Å². The van der Waals surface area contributed by atoms with Crippen LogP contribution in [0.2, 0.25) is 0 Å². The molecule has 3 rings (SSSR count). The molecular weight excluding hydrogens is 360 g/mol. The van der Waals surface area contributed by atoms with Crippen LogP contribution in [0.15, 0.2) is 29.2 Å². The number of hydrogen-bond acceptors (Lipinski definition) is 5. The molecule has 1 aromatic rings. The number of carboxylic acids is 1. The standard InChI is InChI=1S/C17H16N2O4S2/c1-3-8-18-11-7-5-4-6-10(11)12(14(18)20)13-15(21)19(17(24)25-13)9(2)16(22)23/h4-7,9H,3,8H2,1-2H3,(H,22,23)/b13-12-/t9-/m1/s1. The van der Waals surface area contributed by atoms with Gasteiger partial charge in [0, 0.05) is 12.1 Å². The molecule has 6 nitrogen and oxygen atoms in total. The third kappa shape index (κ3) is 2.75. The SMILES string of the molecule is CCCN1C(=O)/C(=C2\SC(=S)N([C@H](C)C(=O)O)C2=O)c2ccccc21. The highest BCUT2D eigenvalue weighted by atomic mass is 32.2. The van der Waals surface area contributed by atoms with E-state index in [1.165, 1.54) is 6.92 Å². The largest absolute Gasteiger partial charge is 0.480 e. The fourth-order valence-electron chi connectivity index (χ4n) is 2.92. The van der Waals surface area contributed by atoms with Crippen LogP contribution >= 0.6 is 24.0 Å². The Labute approximate surface area is 154 Å². The number of para-hydroxylation sites is 1. The summed E-state index contributed by atoms with van der Waals surface area (Å²) in [6, 6.07) is 6.21. The average Bonchev–Trinajstić information content (AvgIpc) is 3.01. The second-order valence-electron chi connectivity index (χ2n) is 5.74. The van der Waals surface area contributed by atoms with Gasteiger partial charge in [-0.05, 0) is 19.4 Å². The summed E-state index contributed by atoms with van der Waals surface area (Å²) >= 11 is 6.18. The maximum atomic E-state index is 12.9. The summed E-state index contributed by atoms with van der Waals surface area (Å²) in [5, 5.41) is 9.20. The molecule has 0 spiro atoms. The molecule has 1 saturated heterocycles. The highest BCUT2D eigenvalue weighted by Gasteiger charge is 2.44. The lowest BCUT2D eigenvalue weighted by Gasteiger charge is -2.18. The number of anilines is 1. The summed E-state index contributed by atoms with van der Waals surface area (Å²) < 4.78 is 0.154. The molecule has 1 N–H and O–H groups in total. The lowest BCUT2D eigenvalue weighted by Crippen LogP contribution is -2.41. The van der Waals surface area contributed by atoms with Gasteiger partial charge < -0.3 is 10.0 Å². The number of aliphatic carboxylic acids is 1.